The number of amides is 2. The molecular formula is C32H36N4O7. The number of nitrogens with one attached hydrogen (secondary N) is 3. The van der Waals surface area contributed by atoms with Crippen LogP contribution in [0.3, 0.4) is 0 Å². The summed E-state index contributed by atoms with van der Waals surface area (Å²) >= 11 is 0. The predicted octanol–water partition coefficient (Wildman–Crippen LogP) is 4.09. The highest BCUT2D eigenvalue weighted by Gasteiger charge is 2.32. The summed E-state index contributed by atoms with van der Waals surface area (Å²) in [7, 11) is 1.28. The first-order valence-electron chi connectivity index (χ1n) is 13.8. The number of hydrogen-bond acceptors (Lipinski definition) is 9. The third-order valence-electron chi connectivity index (χ3n) is 6.48. The number of rotatable bonds is 13. The van der Waals surface area contributed by atoms with Gasteiger partial charge in [0.25, 0.3) is 0 Å². The summed E-state index contributed by atoms with van der Waals surface area (Å²) in [4.78, 5) is 24.5. The largest absolute Gasteiger partial charge is 0.490 e. The Morgan fingerprint density at radius 2 is 1.84 bits per heavy atom. The minimum Gasteiger partial charge on any atom is -0.490 e. The van der Waals surface area contributed by atoms with Crippen LogP contribution in [0.2, 0.25) is 0 Å². The predicted molar refractivity (Wildman–Crippen MR) is 161 cm³/mol. The number of hydrogen-bond donors (Lipinski definition) is 4. The molecule has 0 saturated heterocycles. The van der Waals surface area contributed by atoms with Crippen molar-refractivity contribution in [3.63, 3.8) is 0 Å². The van der Waals surface area contributed by atoms with Crippen LogP contribution in [-0.4, -0.2) is 49.9 Å². The zero-order valence-electron chi connectivity index (χ0n) is 24.5. The van der Waals surface area contributed by atoms with Gasteiger partial charge in [-0.05, 0) is 73.9 Å². The highest BCUT2D eigenvalue weighted by molar-refractivity contribution is 5.95. The fourth-order valence-corrected chi connectivity index (χ4v) is 4.44. The van der Waals surface area contributed by atoms with Crippen molar-refractivity contribution in [3.05, 3.63) is 100 Å². The number of aryl methyl sites for hydroxylation is 1. The standard InChI is InChI=1S/C32H36N4O7/c1-5-41-27-16-24(30-29(31(38)40-4)21(3)34-32(39)35-30)11-14-26(27)43-19-28(37)36-33-17-22-9-12-25(13-10-22)42-18-23-8-6-7-20(2)15-23/h6-17,28,30,36-37H,5,18-19H2,1-4H3,(H2,34,35,39)/b33-17-/t28-,30-/m0/s1. The highest BCUT2D eigenvalue weighted by Crippen LogP contribution is 2.35. The van der Waals surface area contributed by atoms with E-state index in [2.05, 4.69) is 27.2 Å². The maximum Gasteiger partial charge on any atom is 0.337 e. The van der Waals surface area contributed by atoms with Gasteiger partial charge in [0.1, 0.15) is 19.0 Å². The van der Waals surface area contributed by atoms with Gasteiger partial charge in [-0.15, -0.1) is 0 Å². The number of carbonyl (C=O) groups is 2. The molecule has 43 heavy (non-hydrogen) atoms. The Hall–Kier alpha value is -5.03. The summed E-state index contributed by atoms with van der Waals surface area (Å²) in [6, 6.07) is 19.5. The average molecular weight is 589 g/mol. The Kier molecular flexibility index (Phi) is 10.6. The van der Waals surface area contributed by atoms with Gasteiger partial charge in [0.15, 0.2) is 17.7 Å². The lowest BCUT2D eigenvalue weighted by Crippen LogP contribution is -2.45. The summed E-state index contributed by atoms with van der Waals surface area (Å²) in [6.07, 6.45) is 0.470. The molecule has 11 nitrogen and oxygen atoms in total. The molecule has 1 aliphatic heterocycles. The maximum absolute atomic E-state index is 12.4. The molecule has 3 aromatic carbocycles. The van der Waals surface area contributed by atoms with Gasteiger partial charge in [-0.25, -0.2) is 9.59 Å². The van der Waals surface area contributed by atoms with E-state index in [1.807, 2.05) is 56.3 Å². The van der Waals surface area contributed by atoms with E-state index in [0.717, 1.165) is 16.9 Å². The van der Waals surface area contributed by atoms with E-state index in [1.165, 1.54) is 12.7 Å². The van der Waals surface area contributed by atoms with Crippen molar-refractivity contribution in [2.24, 2.45) is 5.10 Å². The molecule has 226 valence electrons. The first kappa shape index (κ1) is 30.9. The number of allylic oxidation sites excluding steroid dienone is 1. The molecule has 1 heterocycles. The number of aliphatic hydroxyl groups is 1. The first-order chi connectivity index (χ1) is 20.8. The number of carbonyl (C=O) groups excluding carboxylic acids is 2. The van der Waals surface area contributed by atoms with Crippen molar-refractivity contribution in [1.29, 1.82) is 0 Å². The van der Waals surface area contributed by atoms with Crippen molar-refractivity contribution in [1.82, 2.24) is 16.1 Å². The van der Waals surface area contributed by atoms with E-state index in [9.17, 15) is 14.7 Å². The van der Waals surface area contributed by atoms with E-state index in [-0.39, 0.29) is 12.2 Å². The molecule has 0 spiro atoms. The van der Waals surface area contributed by atoms with E-state index >= 15 is 0 Å². The lowest BCUT2D eigenvalue weighted by Gasteiger charge is -2.28. The fraction of sp³-hybridized carbons (Fsp3) is 0.281. The van der Waals surface area contributed by atoms with Crippen LogP contribution < -0.4 is 30.3 Å². The molecule has 0 unspecified atom stereocenters. The second-order valence-corrected chi connectivity index (χ2v) is 9.76. The molecule has 0 fully saturated rings. The Balaban J connectivity index is 1.32. The molecule has 2 amide bonds. The van der Waals surface area contributed by atoms with E-state index in [1.54, 1.807) is 31.3 Å². The van der Waals surface area contributed by atoms with E-state index in [4.69, 9.17) is 18.9 Å². The number of esters is 1. The number of aliphatic hydroxyl groups excluding tert-OH is 1. The first-order valence-corrected chi connectivity index (χ1v) is 13.8. The van der Waals surface area contributed by atoms with E-state index < -0.39 is 24.3 Å². The Labute approximate surface area is 250 Å². The summed E-state index contributed by atoms with van der Waals surface area (Å²) in [5.41, 5.74) is 7.02. The molecule has 2 atom stereocenters. The van der Waals surface area contributed by atoms with Crippen LogP contribution in [0.1, 0.15) is 42.1 Å². The number of methoxy groups -OCH3 is 1. The summed E-state index contributed by atoms with van der Waals surface area (Å²) in [6.45, 7) is 6.20. The third kappa shape index (κ3) is 8.49. The molecule has 11 heteroatoms. The minimum absolute atomic E-state index is 0.126. The number of ether oxygens (including phenoxy) is 4. The number of hydrazone groups is 1. The molecule has 0 aromatic heterocycles. The van der Waals surface area contributed by atoms with Crippen LogP contribution in [0, 0.1) is 6.92 Å². The number of benzene rings is 3. The van der Waals surface area contributed by atoms with Crippen LogP contribution in [0.4, 0.5) is 4.79 Å². The maximum atomic E-state index is 12.4. The van der Waals surface area contributed by atoms with Gasteiger partial charge in [-0.3, -0.25) is 5.43 Å². The summed E-state index contributed by atoms with van der Waals surface area (Å²) < 4.78 is 22.3. The van der Waals surface area contributed by atoms with Crippen molar-refractivity contribution in [3.8, 4) is 17.2 Å². The molecule has 0 bridgehead atoms. The van der Waals surface area contributed by atoms with Gasteiger partial charge in [-0.1, -0.05) is 35.9 Å². The third-order valence-corrected chi connectivity index (χ3v) is 6.48. The molecule has 1 aliphatic rings. The molecule has 4 rings (SSSR count). The Morgan fingerprint density at radius 1 is 1.05 bits per heavy atom. The molecule has 3 aromatic rings. The molecule has 0 aliphatic carbocycles. The normalized spacial score (nSPS) is 15.4. The highest BCUT2D eigenvalue weighted by atomic mass is 16.5. The Bertz CT molecular complexity index is 1490. The topological polar surface area (TPSA) is 140 Å². The number of nitrogens with zero attached hydrogens (tertiary/aromatic N) is 1. The van der Waals surface area contributed by atoms with Gasteiger partial charge < -0.3 is 34.7 Å². The fourth-order valence-electron chi connectivity index (χ4n) is 4.44. The van der Waals surface area contributed by atoms with Crippen LogP contribution in [0.25, 0.3) is 0 Å². The van der Waals surface area contributed by atoms with Crippen LogP contribution in [0.15, 0.2) is 83.1 Å². The average Bonchev–Trinajstić information content (AvgIpc) is 2.99. The van der Waals surface area contributed by atoms with Crippen molar-refractivity contribution in [2.75, 3.05) is 20.3 Å². The van der Waals surface area contributed by atoms with Crippen LogP contribution in [0.5, 0.6) is 17.2 Å². The van der Waals surface area contributed by atoms with Crippen LogP contribution >= 0.6 is 0 Å². The minimum atomic E-state index is -1.11. The Morgan fingerprint density at radius 3 is 2.56 bits per heavy atom. The van der Waals surface area contributed by atoms with Gasteiger partial charge in [-0.2, -0.15) is 5.10 Å². The van der Waals surface area contributed by atoms with Gasteiger partial charge in [0.2, 0.25) is 0 Å². The second-order valence-electron chi connectivity index (χ2n) is 9.76. The summed E-state index contributed by atoms with van der Waals surface area (Å²) in [5.74, 6) is 0.934. The zero-order valence-corrected chi connectivity index (χ0v) is 24.5. The second kappa shape index (κ2) is 14.7. The quantitative estimate of drug-likeness (QED) is 0.101. The molecular weight excluding hydrogens is 552 g/mol. The smallest absolute Gasteiger partial charge is 0.337 e. The lowest BCUT2D eigenvalue weighted by molar-refractivity contribution is -0.136. The van der Waals surface area contributed by atoms with Gasteiger partial charge in [0.05, 0.1) is 31.5 Å². The number of urea groups is 1. The monoisotopic (exact) mass is 588 g/mol. The van der Waals surface area contributed by atoms with Crippen LogP contribution in [-0.2, 0) is 16.1 Å². The van der Waals surface area contributed by atoms with E-state index in [0.29, 0.717) is 36.0 Å². The zero-order chi connectivity index (χ0) is 30.8. The van der Waals surface area contributed by atoms with Crippen molar-refractivity contribution >= 4 is 18.2 Å². The van der Waals surface area contributed by atoms with Crippen molar-refractivity contribution in [2.45, 2.75) is 39.6 Å². The molecule has 4 N–H and O–H groups in total. The van der Waals surface area contributed by atoms with Crippen molar-refractivity contribution < 1.29 is 33.6 Å². The lowest BCUT2D eigenvalue weighted by atomic mass is 9.95. The summed E-state index contributed by atoms with van der Waals surface area (Å²) in [5, 5.41) is 19.8. The molecule has 0 radical (unpaired) electrons. The molecule has 0 saturated carbocycles. The SMILES string of the molecule is CCOc1cc([C@@H]2NC(=O)NC(C)=C2C(=O)OC)ccc1OC[C@H](O)N/N=C\c1ccc(OCc2cccc(C)c2)cc1. The van der Waals surface area contributed by atoms with Gasteiger partial charge >= 0.3 is 12.0 Å². The van der Waals surface area contributed by atoms with Gasteiger partial charge in [0, 0.05) is 5.70 Å².